The summed E-state index contributed by atoms with van der Waals surface area (Å²) in [5.41, 5.74) is 5.64. The molecule has 1 heterocycles. The fraction of sp³-hybridized carbons (Fsp3) is 0.500. The van der Waals surface area contributed by atoms with E-state index in [-0.39, 0.29) is 17.8 Å². The van der Waals surface area contributed by atoms with E-state index in [1.54, 1.807) is 12.1 Å². The van der Waals surface area contributed by atoms with E-state index in [1.807, 2.05) is 4.90 Å². The molecule has 0 spiro atoms. The van der Waals surface area contributed by atoms with Crippen LogP contribution in [0.4, 0.5) is 4.39 Å². The van der Waals surface area contributed by atoms with E-state index in [0.717, 1.165) is 19.4 Å². The minimum absolute atomic E-state index is 0.0788. The number of carbonyl (C=O) groups is 1. The predicted molar refractivity (Wildman–Crippen MR) is 70.3 cm³/mol. The minimum atomic E-state index is -0.300. The van der Waals surface area contributed by atoms with Crippen LogP contribution in [0.15, 0.2) is 24.3 Å². The SMILES string of the molecule is NCC1CCCN1C(=O)CCOc1ccc(F)cc1. The highest BCUT2D eigenvalue weighted by Gasteiger charge is 2.26. The third-order valence-electron chi connectivity index (χ3n) is 3.37. The van der Waals surface area contributed by atoms with Crippen molar-refractivity contribution in [3.63, 3.8) is 0 Å². The fourth-order valence-electron chi connectivity index (χ4n) is 2.34. The lowest BCUT2D eigenvalue weighted by atomic mass is 10.2. The number of rotatable bonds is 5. The number of nitrogens with zero attached hydrogens (tertiary/aromatic N) is 1. The zero-order valence-electron chi connectivity index (χ0n) is 10.8. The molecule has 2 N–H and O–H groups in total. The Balaban J connectivity index is 1.76. The van der Waals surface area contributed by atoms with Gasteiger partial charge in [0.1, 0.15) is 11.6 Å². The summed E-state index contributed by atoms with van der Waals surface area (Å²) in [7, 11) is 0. The van der Waals surface area contributed by atoms with Crippen LogP contribution in [0.25, 0.3) is 0 Å². The van der Waals surface area contributed by atoms with E-state index < -0.39 is 0 Å². The number of ether oxygens (including phenoxy) is 1. The largest absolute Gasteiger partial charge is 0.493 e. The highest BCUT2D eigenvalue weighted by molar-refractivity contribution is 5.77. The first-order valence-corrected chi connectivity index (χ1v) is 6.58. The monoisotopic (exact) mass is 266 g/mol. The molecule has 4 nitrogen and oxygen atoms in total. The van der Waals surface area contributed by atoms with Crippen LogP contribution in [0, 0.1) is 5.82 Å². The first-order valence-electron chi connectivity index (χ1n) is 6.58. The van der Waals surface area contributed by atoms with Crippen LogP contribution in [0.5, 0.6) is 5.75 Å². The first kappa shape index (κ1) is 13.8. The smallest absolute Gasteiger partial charge is 0.226 e. The molecule has 1 fully saturated rings. The van der Waals surface area contributed by atoms with Crippen LogP contribution in [0.2, 0.25) is 0 Å². The molecule has 5 heteroatoms. The van der Waals surface area contributed by atoms with E-state index in [9.17, 15) is 9.18 Å². The molecule has 1 aromatic carbocycles. The number of nitrogens with two attached hydrogens (primary N) is 1. The quantitative estimate of drug-likeness (QED) is 0.879. The zero-order chi connectivity index (χ0) is 13.7. The summed E-state index contributed by atoms with van der Waals surface area (Å²) >= 11 is 0. The summed E-state index contributed by atoms with van der Waals surface area (Å²) < 4.78 is 18.1. The van der Waals surface area contributed by atoms with Crippen molar-refractivity contribution < 1.29 is 13.9 Å². The summed E-state index contributed by atoms with van der Waals surface area (Å²) in [5, 5.41) is 0. The van der Waals surface area contributed by atoms with Gasteiger partial charge in [0.2, 0.25) is 5.91 Å². The van der Waals surface area contributed by atoms with Crippen LogP contribution < -0.4 is 10.5 Å². The minimum Gasteiger partial charge on any atom is -0.493 e. The molecule has 1 unspecified atom stereocenters. The molecule has 0 radical (unpaired) electrons. The van der Waals surface area contributed by atoms with Crippen molar-refractivity contribution in [2.75, 3.05) is 19.7 Å². The molecule has 0 aliphatic carbocycles. The highest BCUT2D eigenvalue weighted by Crippen LogP contribution is 2.17. The average Bonchev–Trinajstić information content (AvgIpc) is 2.89. The number of carbonyl (C=O) groups excluding carboxylic acids is 1. The van der Waals surface area contributed by atoms with Crippen LogP contribution in [0.1, 0.15) is 19.3 Å². The second-order valence-electron chi connectivity index (χ2n) is 4.67. The number of halogens is 1. The number of benzene rings is 1. The molecule has 1 amide bonds. The van der Waals surface area contributed by atoms with E-state index in [4.69, 9.17) is 10.5 Å². The van der Waals surface area contributed by atoms with Gasteiger partial charge in [-0.2, -0.15) is 0 Å². The Bertz CT molecular complexity index is 422. The van der Waals surface area contributed by atoms with Crippen LogP contribution in [-0.4, -0.2) is 36.5 Å². The van der Waals surface area contributed by atoms with Gasteiger partial charge in [0.25, 0.3) is 0 Å². The molecule has 1 atom stereocenters. The summed E-state index contributed by atoms with van der Waals surface area (Å²) in [6.45, 7) is 1.61. The fourth-order valence-corrected chi connectivity index (χ4v) is 2.34. The maximum atomic E-state index is 12.7. The van der Waals surface area contributed by atoms with Gasteiger partial charge in [0.15, 0.2) is 0 Å². The molecule has 19 heavy (non-hydrogen) atoms. The second-order valence-corrected chi connectivity index (χ2v) is 4.67. The average molecular weight is 266 g/mol. The lowest BCUT2D eigenvalue weighted by Gasteiger charge is -2.23. The summed E-state index contributed by atoms with van der Waals surface area (Å²) in [6, 6.07) is 5.96. The maximum Gasteiger partial charge on any atom is 0.226 e. The van der Waals surface area contributed by atoms with Crippen molar-refractivity contribution >= 4 is 5.91 Å². The van der Waals surface area contributed by atoms with Crippen molar-refractivity contribution in [2.24, 2.45) is 5.73 Å². The van der Waals surface area contributed by atoms with Gasteiger partial charge in [-0.3, -0.25) is 4.79 Å². The zero-order valence-corrected chi connectivity index (χ0v) is 10.8. The maximum absolute atomic E-state index is 12.7. The van der Waals surface area contributed by atoms with Gasteiger partial charge in [-0.25, -0.2) is 4.39 Å². The third-order valence-corrected chi connectivity index (χ3v) is 3.37. The normalized spacial score (nSPS) is 18.6. The molecular weight excluding hydrogens is 247 g/mol. The Morgan fingerprint density at radius 3 is 2.84 bits per heavy atom. The number of hydrogen-bond acceptors (Lipinski definition) is 3. The summed E-state index contributed by atoms with van der Waals surface area (Å²) in [4.78, 5) is 13.8. The lowest BCUT2D eigenvalue weighted by molar-refractivity contribution is -0.132. The van der Waals surface area contributed by atoms with Crippen molar-refractivity contribution in [2.45, 2.75) is 25.3 Å². The van der Waals surface area contributed by atoms with Gasteiger partial charge in [0, 0.05) is 19.1 Å². The first-order chi connectivity index (χ1) is 9.20. The van der Waals surface area contributed by atoms with Crippen molar-refractivity contribution in [3.8, 4) is 5.75 Å². The lowest BCUT2D eigenvalue weighted by Crippen LogP contribution is -2.40. The molecule has 0 saturated carbocycles. The standard InChI is InChI=1S/C14H19FN2O2/c15-11-3-5-13(6-4-11)19-9-7-14(18)17-8-1-2-12(17)10-16/h3-6,12H,1-2,7-10,16H2. The Kier molecular flexibility index (Phi) is 4.74. The van der Waals surface area contributed by atoms with Gasteiger partial charge in [-0.05, 0) is 37.1 Å². The molecule has 2 rings (SSSR count). The van der Waals surface area contributed by atoms with Crippen molar-refractivity contribution in [1.82, 2.24) is 4.90 Å². The molecule has 1 aliphatic heterocycles. The number of hydrogen-bond donors (Lipinski definition) is 1. The molecule has 104 valence electrons. The van der Waals surface area contributed by atoms with Gasteiger partial charge >= 0.3 is 0 Å². The molecule has 1 aliphatic rings. The highest BCUT2D eigenvalue weighted by atomic mass is 19.1. The second kappa shape index (κ2) is 6.52. The van der Waals surface area contributed by atoms with Crippen molar-refractivity contribution in [3.05, 3.63) is 30.1 Å². The Morgan fingerprint density at radius 1 is 1.42 bits per heavy atom. The van der Waals surface area contributed by atoms with E-state index >= 15 is 0 Å². The Morgan fingerprint density at radius 2 is 2.16 bits per heavy atom. The van der Waals surface area contributed by atoms with Crippen LogP contribution >= 0.6 is 0 Å². The third kappa shape index (κ3) is 3.67. The number of likely N-dealkylation sites (tertiary alicyclic amines) is 1. The van der Waals surface area contributed by atoms with E-state index in [0.29, 0.717) is 25.3 Å². The topological polar surface area (TPSA) is 55.6 Å². The Labute approximate surface area is 112 Å². The number of amides is 1. The van der Waals surface area contributed by atoms with E-state index in [1.165, 1.54) is 12.1 Å². The molecule has 1 aromatic rings. The van der Waals surface area contributed by atoms with E-state index in [2.05, 4.69) is 0 Å². The van der Waals surface area contributed by atoms with Gasteiger partial charge < -0.3 is 15.4 Å². The van der Waals surface area contributed by atoms with Crippen LogP contribution in [-0.2, 0) is 4.79 Å². The predicted octanol–water partition coefficient (Wildman–Crippen LogP) is 1.54. The van der Waals surface area contributed by atoms with Crippen LogP contribution in [0.3, 0.4) is 0 Å². The molecule has 1 saturated heterocycles. The molecular formula is C14H19FN2O2. The van der Waals surface area contributed by atoms with Gasteiger partial charge in [-0.1, -0.05) is 0 Å². The molecule has 0 aromatic heterocycles. The summed E-state index contributed by atoms with van der Waals surface area (Å²) in [5.74, 6) is 0.354. The van der Waals surface area contributed by atoms with Gasteiger partial charge in [0.05, 0.1) is 13.0 Å². The summed E-state index contributed by atoms with van der Waals surface area (Å²) in [6.07, 6.45) is 2.33. The molecule has 0 bridgehead atoms. The Hall–Kier alpha value is -1.62. The van der Waals surface area contributed by atoms with Gasteiger partial charge in [-0.15, -0.1) is 0 Å². The van der Waals surface area contributed by atoms with Crippen molar-refractivity contribution in [1.29, 1.82) is 0 Å².